The van der Waals surface area contributed by atoms with E-state index in [0.717, 1.165) is 5.56 Å². The SMILES string of the molecule is Cc1cc2c(cc1Cl)C(=O)CC1(CCN(C(=O)c3cccc([N+](=O)[O-])c3C)CC1)O2. The monoisotopic (exact) mass is 428 g/mol. The number of fused-ring (bicyclic) bond motifs is 1. The van der Waals surface area contributed by atoms with Crippen LogP contribution in [-0.4, -0.2) is 40.2 Å². The van der Waals surface area contributed by atoms with Crippen molar-refractivity contribution in [3.8, 4) is 5.75 Å². The molecular formula is C22H21ClN2O5. The number of hydrogen-bond donors (Lipinski definition) is 0. The Hall–Kier alpha value is -2.93. The number of ketones is 1. The number of aryl methyl sites for hydroxylation is 1. The summed E-state index contributed by atoms with van der Waals surface area (Å²) in [5, 5.41) is 11.7. The zero-order chi connectivity index (χ0) is 21.6. The second-order valence-electron chi connectivity index (χ2n) is 7.98. The van der Waals surface area contributed by atoms with Crippen molar-refractivity contribution in [2.24, 2.45) is 0 Å². The van der Waals surface area contributed by atoms with Crippen molar-refractivity contribution in [3.05, 3.63) is 67.7 Å². The lowest BCUT2D eigenvalue weighted by Crippen LogP contribution is -2.52. The zero-order valence-corrected chi connectivity index (χ0v) is 17.5. The van der Waals surface area contributed by atoms with E-state index >= 15 is 0 Å². The summed E-state index contributed by atoms with van der Waals surface area (Å²) in [6, 6.07) is 7.98. The molecule has 8 heteroatoms. The Morgan fingerprint density at radius 3 is 2.60 bits per heavy atom. The van der Waals surface area contributed by atoms with Gasteiger partial charge in [-0.25, -0.2) is 0 Å². The Balaban J connectivity index is 1.52. The van der Waals surface area contributed by atoms with Crippen LogP contribution in [0.5, 0.6) is 5.75 Å². The second-order valence-corrected chi connectivity index (χ2v) is 8.39. The van der Waals surface area contributed by atoms with E-state index in [1.54, 1.807) is 30.0 Å². The lowest BCUT2D eigenvalue weighted by Gasteiger charge is -2.44. The van der Waals surface area contributed by atoms with Crippen LogP contribution in [-0.2, 0) is 0 Å². The Bertz CT molecular complexity index is 1070. The highest BCUT2D eigenvalue weighted by Crippen LogP contribution is 2.41. The van der Waals surface area contributed by atoms with E-state index < -0.39 is 10.5 Å². The first-order valence-corrected chi connectivity index (χ1v) is 10.1. The smallest absolute Gasteiger partial charge is 0.273 e. The molecule has 0 atom stereocenters. The van der Waals surface area contributed by atoms with Gasteiger partial charge in [0.25, 0.3) is 11.6 Å². The van der Waals surface area contributed by atoms with Gasteiger partial charge in [-0.1, -0.05) is 17.7 Å². The largest absolute Gasteiger partial charge is 0.486 e. The van der Waals surface area contributed by atoms with Crippen LogP contribution in [0.25, 0.3) is 0 Å². The van der Waals surface area contributed by atoms with Crippen molar-refractivity contribution < 1.29 is 19.2 Å². The minimum absolute atomic E-state index is 0.00699. The van der Waals surface area contributed by atoms with E-state index in [9.17, 15) is 19.7 Å². The highest BCUT2D eigenvalue weighted by molar-refractivity contribution is 6.31. The molecule has 0 N–H and O–H groups in total. The molecule has 0 radical (unpaired) electrons. The van der Waals surface area contributed by atoms with Gasteiger partial charge < -0.3 is 9.64 Å². The molecule has 2 aliphatic rings. The molecule has 0 aliphatic carbocycles. The predicted molar refractivity (Wildman–Crippen MR) is 111 cm³/mol. The first-order valence-electron chi connectivity index (χ1n) is 9.76. The minimum Gasteiger partial charge on any atom is -0.486 e. The van der Waals surface area contributed by atoms with E-state index in [2.05, 4.69) is 0 Å². The van der Waals surface area contributed by atoms with Crippen molar-refractivity contribution >= 4 is 29.0 Å². The number of nitro benzene ring substituents is 1. The number of rotatable bonds is 2. The average Bonchev–Trinajstić information content (AvgIpc) is 2.70. The topological polar surface area (TPSA) is 89.8 Å². The number of carbonyl (C=O) groups is 2. The van der Waals surface area contributed by atoms with Crippen LogP contribution in [0.3, 0.4) is 0 Å². The third-order valence-corrected chi connectivity index (χ3v) is 6.47. The Morgan fingerprint density at radius 2 is 1.93 bits per heavy atom. The number of nitro groups is 1. The summed E-state index contributed by atoms with van der Waals surface area (Å²) in [7, 11) is 0. The number of amides is 1. The van der Waals surface area contributed by atoms with Gasteiger partial charge in [0, 0.05) is 48.1 Å². The minimum atomic E-state index is -0.640. The van der Waals surface area contributed by atoms with E-state index in [1.165, 1.54) is 12.1 Å². The number of ether oxygens (including phenoxy) is 1. The molecule has 2 aliphatic heterocycles. The van der Waals surface area contributed by atoms with E-state index in [4.69, 9.17) is 16.3 Å². The van der Waals surface area contributed by atoms with Crippen LogP contribution in [0.2, 0.25) is 5.02 Å². The number of Topliss-reactive ketones (excluding diaryl/α,β-unsaturated/α-hetero) is 1. The van der Waals surface area contributed by atoms with Crippen LogP contribution in [0.4, 0.5) is 5.69 Å². The molecule has 1 fully saturated rings. The van der Waals surface area contributed by atoms with Crippen molar-refractivity contribution in [2.45, 2.75) is 38.7 Å². The van der Waals surface area contributed by atoms with E-state index in [1.807, 2.05) is 6.92 Å². The molecule has 4 rings (SSSR count). The second kappa shape index (κ2) is 7.40. The fourth-order valence-electron chi connectivity index (χ4n) is 4.23. The normalized spacial score (nSPS) is 17.4. The van der Waals surface area contributed by atoms with Crippen molar-refractivity contribution in [1.29, 1.82) is 0 Å². The summed E-state index contributed by atoms with van der Waals surface area (Å²) < 4.78 is 6.27. The highest BCUT2D eigenvalue weighted by Gasteiger charge is 2.44. The molecule has 7 nitrogen and oxygen atoms in total. The fourth-order valence-corrected chi connectivity index (χ4v) is 4.40. The number of nitrogens with zero attached hydrogens (tertiary/aromatic N) is 2. The molecule has 2 heterocycles. The third-order valence-electron chi connectivity index (χ3n) is 6.06. The molecule has 2 aromatic rings. The molecule has 0 saturated carbocycles. The predicted octanol–water partition coefficient (Wildman–Crippen LogP) is 4.51. The molecule has 1 saturated heterocycles. The maximum absolute atomic E-state index is 13.0. The van der Waals surface area contributed by atoms with E-state index in [-0.39, 0.29) is 23.8 Å². The molecule has 156 valence electrons. The Morgan fingerprint density at radius 1 is 1.23 bits per heavy atom. The van der Waals surface area contributed by atoms with E-state index in [0.29, 0.717) is 53.4 Å². The Labute approximate surface area is 178 Å². The van der Waals surface area contributed by atoms with Crippen LogP contribution in [0.1, 0.15) is 51.1 Å². The van der Waals surface area contributed by atoms with Gasteiger partial charge in [0.2, 0.25) is 0 Å². The summed E-state index contributed by atoms with van der Waals surface area (Å²) >= 11 is 6.15. The summed E-state index contributed by atoms with van der Waals surface area (Å²) in [6.45, 7) is 4.27. The highest BCUT2D eigenvalue weighted by atomic mass is 35.5. The van der Waals surface area contributed by atoms with Gasteiger partial charge in [0.15, 0.2) is 5.78 Å². The molecule has 1 amide bonds. The zero-order valence-electron chi connectivity index (χ0n) is 16.7. The first-order chi connectivity index (χ1) is 14.2. The van der Waals surface area contributed by atoms with Gasteiger partial charge in [0.1, 0.15) is 11.4 Å². The summed E-state index contributed by atoms with van der Waals surface area (Å²) in [6.07, 6.45) is 1.27. The summed E-state index contributed by atoms with van der Waals surface area (Å²) in [5.41, 5.74) is 1.32. The van der Waals surface area contributed by atoms with Gasteiger partial charge in [-0.3, -0.25) is 19.7 Å². The quantitative estimate of drug-likeness (QED) is 0.518. The van der Waals surface area contributed by atoms with Crippen molar-refractivity contribution in [1.82, 2.24) is 4.90 Å². The number of benzene rings is 2. The summed E-state index contributed by atoms with van der Waals surface area (Å²) in [4.78, 5) is 38.1. The maximum Gasteiger partial charge on any atom is 0.273 e. The van der Waals surface area contributed by atoms with Crippen LogP contribution >= 0.6 is 11.6 Å². The lowest BCUT2D eigenvalue weighted by molar-refractivity contribution is -0.385. The van der Waals surface area contributed by atoms with Crippen LogP contribution < -0.4 is 4.74 Å². The molecule has 0 aromatic heterocycles. The molecule has 0 unspecified atom stereocenters. The third kappa shape index (κ3) is 3.43. The first kappa shape index (κ1) is 20.3. The Kier molecular flexibility index (Phi) is 5.02. The van der Waals surface area contributed by atoms with Crippen molar-refractivity contribution in [2.75, 3.05) is 13.1 Å². The molecule has 0 bridgehead atoms. The van der Waals surface area contributed by atoms with Crippen LogP contribution in [0, 0.1) is 24.0 Å². The standard InChI is InChI=1S/C22H21ClN2O5/c1-13-10-20-16(11-17(13)23)19(26)12-22(30-20)6-8-24(9-7-22)21(27)15-4-3-5-18(14(15)2)25(28)29/h3-5,10-11H,6-9,12H2,1-2H3. The molecule has 30 heavy (non-hydrogen) atoms. The van der Waals surface area contributed by atoms with Gasteiger partial charge in [-0.05, 0) is 37.6 Å². The maximum atomic E-state index is 13.0. The van der Waals surface area contributed by atoms with Crippen LogP contribution in [0.15, 0.2) is 30.3 Å². The fraction of sp³-hybridized carbons (Fsp3) is 0.364. The molecule has 1 spiro atoms. The van der Waals surface area contributed by atoms with Gasteiger partial charge >= 0.3 is 0 Å². The number of hydrogen-bond acceptors (Lipinski definition) is 5. The summed E-state index contributed by atoms with van der Waals surface area (Å²) in [5.74, 6) is 0.297. The number of likely N-dealkylation sites (tertiary alicyclic amines) is 1. The van der Waals surface area contributed by atoms with Gasteiger partial charge in [0.05, 0.1) is 16.9 Å². The number of piperidine rings is 1. The molecular weight excluding hydrogens is 408 g/mol. The average molecular weight is 429 g/mol. The number of carbonyl (C=O) groups excluding carboxylic acids is 2. The van der Waals surface area contributed by atoms with Crippen molar-refractivity contribution in [3.63, 3.8) is 0 Å². The van der Waals surface area contributed by atoms with Gasteiger partial charge in [-0.2, -0.15) is 0 Å². The number of halogens is 1. The molecule has 2 aromatic carbocycles. The van der Waals surface area contributed by atoms with Gasteiger partial charge in [-0.15, -0.1) is 0 Å². The lowest BCUT2D eigenvalue weighted by atomic mass is 9.82.